The molecule has 2 unspecified atom stereocenters. The summed E-state index contributed by atoms with van der Waals surface area (Å²) in [6.07, 6.45) is 5.17. The third-order valence-electron chi connectivity index (χ3n) is 7.15. The smallest absolute Gasteiger partial charge is 0.336 e. The second-order valence-electron chi connectivity index (χ2n) is 9.21. The Morgan fingerprint density at radius 1 is 1.30 bits per heavy atom. The molecule has 1 aliphatic heterocycles. The van der Waals surface area contributed by atoms with Gasteiger partial charge in [-0.15, -0.1) is 0 Å². The number of carbonyl (C=O) groups excluding carboxylic acids is 2. The first-order valence-corrected chi connectivity index (χ1v) is 11.8. The zero-order valence-electron chi connectivity index (χ0n) is 19.3. The van der Waals surface area contributed by atoms with Crippen LogP contribution in [0, 0.1) is 12.8 Å². The lowest BCUT2D eigenvalue weighted by Gasteiger charge is -2.47. The molecule has 1 saturated heterocycles. The number of aryl methyl sites for hydroxylation is 2. The number of ether oxygens (including phenoxy) is 1. The highest BCUT2D eigenvalue weighted by atomic mass is 16.5. The molecule has 2 aromatic rings. The van der Waals surface area contributed by atoms with E-state index in [2.05, 4.69) is 5.32 Å². The Morgan fingerprint density at radius 3 is 2.91 bits per heavy atom. The second-order valence-corrected chi connectivity index (χ2v) is 9.21. The van der Waals surface area contributed by atoms with Gasteiger partial charge in [0, 0.05) is 36.0 Å². The van der Waals surface area contributed by atoms with Crippen molar-refractivity contribution in [3.63, 3.8) is 0 Å². The SMILES string of the molecule is CCc1cc(=O)oc2c(C)c(OCC(=O)NCC(=O)N3CCC4(O)CCCCC4C3)ccc12. The van der Waals surface area contributed by atoms with E-state index in [0.29, 0.717) is 42.8 Å². The van der Waals surface area contributed by atoms with Crippen molar-refractivity contribution in [3.05, 3.63) is 39.7 Å². The van der Waals surface area contributed by atoms with Crippen molar-refractivity contribution in [3.8, 4) is 5.75 Å². The molecule has 1 aliphatic carbocycles. The van der Waals surface area contributed by atoms with Gasteiger partial charge in [-0.1, -0.05) is 19.8 Å². The van der Waals surface area contributed by atoms with Crippen LogP contribution in [-0.2, 0) is 16.0 Å². The fourth-order valence-corrected chi connectivity index (χ4v) is 5.13. The topological polar surface area (TPSA) is 109 Å². The summed E-state index contributed by atoms with van der Waals surface area (Å²) < 4.78 is 11.0. The highest BCUT2D eigenvalue weighted by Gasteiger charge is 2.43. The van der Waals surface area contributed by atoms with E-state index in [4.69, 9.17) is 9.15 Å². The molecule has 8 nitrogen and oxygen atoms in total. The van der Waals surface area contributed by atoms with Gasteiger partial charge < -0.3 is 24.5 Å². The van der Waals surface area contributed by atoms with E-state index >= 15 is 0 Å². The van der Waals surface area contributed by atoms with Gasteiger partial charge in [-0.05, 0) is 50.3 Å². The number of benzene rings is 1. The van der Waals surface area contributed by atoms with Crippen LogP contribution in [0.1, 0.15) is 50.2 Å². The fourth-order valence-electron chi connectivity index (χ4n) is 5.13. The summed E-state index contributed by atoms with van der Waals surface area (Å²) in [4.78, 5) is 38.5. The number of piperidine rings is 1. The Labute approximate surface area is 192 Å². The van der Waals surface area contributed by atoms with E-state index in [1.54, 1.807) is 17.9 Å². The van der Waals surface area contributed by atoms with Gasteiger partial charge >= 0.3 is 5.63 Å². The molecule has 1 aromatic heterocycles. The lowest BCUT2D eigenvalue weighted by Crippen LogP contribution is -2.56. The van der Waals surface area contributed by atoms with Crippen LogP contribution >= 0.6 is 0 Å². The second kappa shape index (κ2) is 9.55. The van der Waals surface area contributed by atoms with E-state index in [9.17, 15) is 19.5 Å². The number of hydrogen-bond donors (Lipinski definition) is 2. The van der Waals surface area contributed by atoms with Crippen molar-refractivity contribution in [2.75, 3.05) is 26.2 Å². The van der Waals surface area contributed by atoms with Crippen LogP contribution in [0.4, 0.5) is 0 Å². The van der Waals surface area contributed by atoms with E-state index in [-0.39, 0.29) is 25.0 Å². The number of rotatable bonds is 6. The molecule has 2 fully saturated rings. The van der Waals surface area contributed by atoms with Crippen LogP contribution in [0.25, 0.3) is 11.0 Å². The van der Waals surface area contributed by atoms with Crippen LogP contribution in [0.2, 0.25) is 0 Å². The van der Waals surface area contributed by atoms with Crippen molar-refractivity contribution < 1.29 is 23.8 Å². The largest absolute Gasteiger partial charge is 0.483 e. The van der Waals surface area contributed by atoms with Gasteiger partial charge in [-0.25, -0.2) is 4.79 Å². The van der Waals surface area contributed by atoms with E-state index < -0.39 is 17.1 Å². The molecule has 0 radical (unpaired) electrons. The third-order valence-corrected chi connectivity index (χ3v) is 7.15. The van der Waals surface area contributed by atoms with Crippen LogP contribution in [0.3, 0.4) is 0 Å². The van der Waals surface area contributed by atoms with Gasteiger partial charge in [0.2, 0.25) is 5.91 Å². The Balaban J connectivity index is 1.31. The summed E-state index contributed by atoms with van der Waals surface area (Å²) in [5, 5.41) is 14.2. The molecule has 1 saturated carbocycles. The first-order chi connectivity index (χ1) is 15.8. The Bertz CT molecular complexity index is 1110. The number of fused-ring (bicyclic) bond motifs is 2. The normalized spacial score (nSPS) is 22.6. The number of likely N-dealkylation sites (tertiary alicyclic amines) is 1. The maximum atomic E-state index is 12.6. The highest BCUT2D eigenvalue weighted by molar-refractivity contribution is 5.86. The molecule has 1 aromatic carbocycles. The van der Waals surface area contributed by atoms with Crippen LogP contribution in [0.15, 0.2) is 27.4 Å². The Morgan fingerprint density at radius 2 is 2.12 bits per heavy atom. The third kappa shape index (κ3) is 4.90. The predicted molar refractivity (Wildman–Crippen MR) is 123 cm³/mol. The van der Waals surface area contributed by atoms with Crippen LogP contribution < -0.4 is 15.7 Å². The molecular weight excluding hydrogens is 424 g/mol. The lowest BCUT2D eigenvalue weighted by atomic mass is 9.71. The van der Waals surface area contributed by atoms with Gasteiger partial charge in [0.05, 0.1) is 12.1 Å². The average Bonchev–Trinajstić information content (AvgIpc) is 2.81. The van der Waals surface area contributed by atoms with Gasteiger partial charge in [-0.3, -0.25) is 9.59 Å². The number of nitrogens with zero attached hydrogens (tertiary/aromatic N) is 1. The summed E-state index contributed by atoms with van der Waals surface area (Å²) in [5.41, 5.74) is 0.954. The Kier molecular flexibility index (Phi) is 6.74. The molecule has 8 heteroatoms. The minimum Gasteiger partial charge on any atom is -0.483 e. The van der Waals surface area contributed by atoms with Crippen molar-refractivity contribution in [1.29, 1.82) is 0 Å². The summed E-state index contributed by atoms with van der Waals surface area (Å²) in [5.74, 6) is 0.0182. The first kappa shape index (κ1) is 23.3. The number of carbonyl (C=O) groups is 2. The van der Waals surface area contributed by atoms with Gasteiger partial charge in [0.1, 0.15) is 11.3 Å². The van der Waals surface area contributed by atoms with Crippen LogP contribution in [0.5, 0.6) is 5.75 Å². The van der Waals surface area contributed by atoms with E-state index in [1.807, 2.05) is 13.0 Å². The van der Waals surface area contributed by atoms with E-state index in [0.717, 1.165) is 36.6 Å². The molecular formula is C25H32N2O6. The fraction of sp³-hybridized carbons (Fsp3) is 0.560. The molecule has 0 bridgehead atoms. The molecule has 33 heavy (non-hydrogen) atoms. The number of nitrogens with one attached hydrogen (secondary N) is 1. The molecule has 4 rings (SSSR count). The molecule has 178 valence electrons. The average molecular weight is 457 g/mol. The summed E-state index contributed by atoms with van der Waals surface area (Å²) >= 11 is 0. The summed E-state index contributed by atoms with van der Waals surface area (Å²) in [7, 11) is 0. The van der Waals surface area contributed by atoms with Gasteiger partial charge in [0.25, 0.3) is 5.91 Å². The van der Waals surface area contributed by atoms with Crippen molar-refractivity contribution in [1.82, 2.24) is 10.2 Å². The zero-order chi connectivity index (χ0) is 23.6. The molecule has 2 heterocycles. The number of aliphatic hydroxyl groups is 1. The quantitative estimate of drug-likeness (QED) is 0.646. The zero-order valence-corrected chi connectivity index (χ0v) is 19.3. The monoisotopic (exact) mass is 456 g/mol. The van der Waals surface area contributed by atoms with Gasteiger partial charge in [-0.2, -0.15) is 0 Å². The summed E-state index contributed by atoms with van der Waals surface area (Å²) in [6, 6.07) is 5.07. The van der Waals surface area contributed by atoms with Crippen molar-refractivity contribution in [2.45, 2.75) is 58.0 Å². The minimum atomic E-state index is -0.638. The predicted octanol–water partition coefficient (Wildman–Crippen LogP) is 2.31. The lowest BCUT2D eigenvalue weighted by molar-refractivity contribution is -0.143. The first-order valence-electron chi connectivity index (χ1n) is 11.8. The summed E-state index contributed by atoms with van der Waals surface area (Å²) in [6.45, 7) is 4.46. The maximum absolute atomic E-state index is 12.6. The van der Waals surface area contributed by atoms with Gasteiger partial charge in [0.15, 0.2) is 6.61 Å². The molecule has 2 amide bonds. The molecule has 2 atom stereocenters. The van der Waals surface area contributed by atoms with Crippen LogP contribution in [-0.4, -0.2) is 53.7 Å². The Hall–Kier alpha value is -2.87. The standard InChI is InChI=1S/C25H32N2O6/c1-3-17-12-23(30)33-24-16(2)20(8-7-19(17)24)32-15-21(28)26-13-22(29)27-11-10-25(31)9-5-4-6-18(25)14-27/h7-8,12,18,31H,3-6,9-11,13-15H2,1-2H3,(H,26,28). The number of hydrogen-bond acceptors (Lipinski definition) is 6. The molecule has 2 N–H and O–H groups in total. The maximum Gasteiger partial charge on any atom is 0.336 e. The minimum absolute atomic E-state index is 0.0984. The highest BCUT2D eigenvalue weighted by Crippen LogP contribution is 2.39. The molecule has 2 aliphatic rings. The number of amides is 2. The molecule has 0 spiro atoms. The van der Waals surface area contributed by atoms with E-state index in [1.165, 1.54) is 6.07 Å². The van der Waals surface area contributed by atoms with Crippen molar-refractivity contribution >= 4 is 22.8 Å². The van der Waals surface area contributed by atoms with Crippen molar-refractivity contribution in [2.24, 2.45) is 5.92 Å².